The number of aromatic nitrogens is 1. The molecule has 1 aliphatic carbocycles. The number of carbonyl (C=O) groups excluding carboxylic acids is 1. The minimum atomic E-state index is -0.252. The molecule has 90 valence electrons. The molecule has 0 spiro atoms. The van der Waals surface area contributed by atoms with Crippen LogP contribution in [0.25, 0.3) is 0 Å². The Labute approximate surface area is 99.1 Å². The number of nitrogens with one attached hydrogen (secondary N) is 1. The minimum Gasteiger partial charge on any atom is -0.484 e. The largest absolute Gasteiger partial charge is 0.484 e. The van der Waals surface area contributed by atoms with E-state index in [1.165, 1.54) is 0 Å². The minimum absolute atomic E-state index is 0.0257. The molecule has 1 amide bonds. The summed E-state index contributed by atoms with van der Waals surface area (Å²) < 4.78 is 10.2. The molecule has 1 aromatic rings. The lowest BCUT2D eigenvalue weighted by Gasteiger charge is -2.08. The van der Waals surface area contributed by atoms with Crippen molar-refractivity contribution in [3.05, 3.63) is 35.8 Å². The van der Waals surface area contributed by atoms with Gasteiger partial charge in [0.25, 0.3) is 5.91 Å². The Kier molecular flexibility index (Phi) is 3.59. The Bertz CT molecular complexity index is 460. The summed E-state index contributed by atoms with van der Waals surface area (Å²) in [5, 5.41) is 6.24. The normalized spacial score (nSPS) is 14.3. The zero-order chi connectivity index (χ0) is 12.1. The van der Waals surface area contributed by atoms with Gasteiger partial charge in [0.05, 0.1) is 0 Å². The van der Waals surface area contributed by atoms with Gasteiger partial charge < -0.3 is 14.6 Å². The molecule has 0 radical (unpaired) electrons. The quantitative estimate of drug-likeness (QED) is 0.867. The molecule has 1 heterocycles. The average molecular weight is 234 g/mol. The summed E-state index contributed by atoms with van der Waals surface area (Å²) in [5.41, 5.74) is 0. The van der Waals surface area contributed by atoms with Gasteiger partial charge in [-0.15, -0.1) is 0 Å². The van der Waals surface area contributed by atoms with Gasteiger partial charge in [0, 0.05) is 6.07 Å². The molecule has 0 unspecified atom stereocenters. The molecule has 0 fully saturated rings. The van der Waals surface area contributed by atoms with Gasteiger partial charge >= 0.3 is 0 Å². The molecule has 1 aliphatic rings. The van der Waals surface area contributed by atoms with Crippen molar-refractivity contribution < 1.29 is 14.1 Å². The summed E-state index contributed by atoms with van der Waals surface area (Å²) >= 11 is 0. The molecule has 17 heavy (non-hydrogen) atoms. The molecule has 0 atom stereocenters. The third-order valence-corrected chi connectivity index (χ3v) is 2.23. The van der Waals surface area contributed by atoms with Crippen LogP contribution in [0.3, 0.4) is 0 Å². The van der Waals surface area contributed by atoms with Crippen molar-refractivity contribution in [1.82, 2.24) is 5.16 Å². The zero-order valence-corrected chi connectivity index (χ0v) is 9.60. The number of nitrogens with zero attached hydrogens (tertiary/aromatic N) is 1. The highest BCUT2D eigenvalue weighted by molar-refractivity contribution is 5.90. The number of rotatable bonds is 4. The number of allylic oxidation sites excluding steroid dienone is 3. The standard InChI is InChI=1S/C12H14N2O3/c1-9-7-11(14-17-9)13-12(15)8-16-10-5-3-2-4-6-10/h3,5-7H,2,4,8H2,1H3,(H,13,14,15). The van der Waals surface area contributed by atoms with E-state index in [0.717, 1.165) is 18.6 Å². The first-order chi connectivity index (χ1) is 8.24. The van der Waals surface area contributed by atoms with E-state index in [0.29, 0.717) is 11.6 Å². The van der Waals surface area contributed by atoms with Gasteiger partial charge in [0.1, 0.15) is 11.5 Å². The fourth-order valence-corrected chi connectivity index (χ4v) is 1.45. The van der Waals surface area contributed by atoms with Gasteiger partial charge in [0.15, 0.2) is 12.4 Å². The van der Waals surface area contributed by atoms with Crippen molar-refractivity contribution in [1.29, 1.82) is 0 Å². The Hall–Kier alpha value is -2.04. The van der Waals surface area contributed by atoms with Gasteiger partial charge in [-0.3, -0.25) is 4.79 Å². The molecule has 0 saturated heterocycles. The van der Waals surface area contributed by atoms with E-state index in [9.17, 15) is 4.79 Å². The molecular formula is C12H14N2O3. The van der Waals surface area contributed by atoms with Crippen LogP contribution >= 0.6 is 0 Å². The lowest BCUT2D eigenvalue weighted by atomic mass is 10.2. The number of hydrogen-bond donors (Lipinski definition) is 1. The fourth-order valence-electron chi connectivity index (χ4n) is 1.45. The summed E-state index contributed by atoms with van der Waals surface area (Å²) in [6.07, 6.45) is 7.84. The monoisotopic (exact) mass is 234 g/mol. The Morgan fingerprint density at radius 1 is 1.59 bits per heavy atom. The molecule has 5 heteroatoms. The molecule has 2 rings (SSSR count). The van der Waals surface area contributed by atoms with E-state index in [2.05, 4.69) is 10.5 Å². The predicted octanol–water partition coefficient (Wildman–Crippen LogP) is 2.17. The van der Waals surface area contributed by atoms with Gasteiger partial charge in [-0.05, 0) is 31.9 Å². The van der Waals surface area contributed by atoms with Crippen LogP contribution in [-0.4, -0.2) is 17.7 Å². The van der Waals surface area contributed by atoms with E-state index in [4.69, 9.17) is 9.26 Å². The zero-order valence-electron chi connectivity index (χ0n) is 9.60. The maximum atomic E-state index is 11.5. The van der Waals surface area contributed by atoms with E-state index in [-0.39, 0.29) is 12.5 Å². The van der Waals surface area contributed by atoms with Crippen LogP contribution in [-0.2, 0) is 9.53 Å². The number of amides is 1. The first-order valence-corrected chi connectivity index (χ1v) is 5.47. The molecular weight excluding hydrogens is 220 g/mol. The van der Waals surface area contributed by atoms with Crippen LogP contribution in [0.1, 0.15) is 18.6 Å². The van der Waals surface area contributed by atoms with Crippen molar-refractivity contribution in [3.8, 4) is 0 Å². The number of hydrogen-bond acceptors (Lipinski definition) is 4. The van der Waals surface area contributed by atoms with Gasteiger partial charge in [-0.25, -0.2) is 0 Å². The summed E-state index contributed by atoms with van der Waals surface area (Å²) in [4.78, 5) is 11.5. The third-order valence-electron chi connectivity index (χ3n) is 2.23. The summed E-state index contributed by atoms with van der Waals surface area (Å²) in [7, 11) is 0. The molecule has 0 aliphatic heterocycles. The highest BCUT2D eigenvalue weighted by Gasteiger charge is 2.07. The molecule has 1 aromatic heterocycles. The average Bonchev–Trinajstić information content (AvgIpc) is 2.73. The summed E-state index contributed by atoms with van der Waals surface area (Å²) in [6, 6.07) is 1.65. The van der Waals surface area contributed by atoms with Crippen LogP contribution in [0, 0.1) is 6.92 Å². The second kappa shape index (κ2) is 5.34. The fraction of sp³-hybridized carbons (Fsp3) is 0.333. The molecule has 1 N–H and O–H groups in total. The summed E-state index contributed by atoms with van der Waals surface area (Å²) in [5.74, 6) is 1.55. The van der Waals surface area contributed by atoms with Crippen molar-refractivity contribution in [2.75, 3.05) is 11.9 Å². The first-order valence-electron chi connectivity index (χ1n) is 5.47. The second-order valence-corrected chi connectivity index (χ2v) is 3.75. The summed E-state index contributed by atoms with van der Waals surface area (Å²) in [6.45, 7) is 1.73. The van der Waals surface area contributed by atoms with E-state index in [1.807, 2.05) is 18.2 Å². The molecule has 0 aromatic carbocycles. The lowest BCUT2D eigenvalue weighted by Crippen LogP contribution is -2.18. The van der Waals surface area contributed by atoms with Crippen LogP contribution in [0.15, 0.2) is 34.6 Å². The van der Waals surface area contributed by atoms with Crippen LogP contribution in [0.2, 0.25) is 0 Å². The number of ether oxygens (including phenoxy) is 1. The predicted molar refractivity (Wildman–Crippen MR) is 62.3 cm³/mol. The Morgan fingerprint density at radius 2 is 2.47 bits per heavy atom. The first kappa shape index (κ1) is 11.4. The van der Waals surface area contributed by atoms with Crippen molar-refractivity contribution in [3.63, 3.8) is 0 Å². The second-order valence-electron chi connectivity index (χ2n) is 3.75. The highest BCUT2D eigenvalue weighted by Crippen LogP contribution is 2.11. The van der Waals surface area contributed by atoms with Gasteiger partial charge in [-0.2, -0.15) is 0 Å². The maximum Gasteiger partial charge on any atom is 0.263 e. The van der Waals surface area contributed by atoms with Crippen molar-refractivity contribution >= 4 is 11.7 Å². The van der Waals surface area contributed by atoms with Crippen LogP contribution in [0.5, 0.6) is 0 Å². The number of carbonyl (C=O) groups is 1. The SMILES string of the molecule is Cc1cc(NC(=O)COC2=CCCC=C2)no1. The maximum absolute atomic E-state index is 11.5. The van der Waals surface area contributed by atoms with Crippen LogP contribution in [0.4, 0.5) is 5.82 Å². The molecule has 5 nitrogen and oxygen atoms in total. The molecule has 0 bridgehead atoms. The topological polar surface area (TPSA) is 64.4 Å². The van der Waals surface area contributed by atoms with E-state index < -0.39 is 0 Å². The van der Waals surface area contributed by atoms with Crippen LogP contribution < -0.4 is 5.32 Å². The highest BCUT2D eigenvalue weighted by atomic mass is 16.5. The number of aryl methyl sites for hydroxylation is 1. The van der Waals surface area contributed by atoms with Gasteiger partial charge in [-0.1, -0.05) is 11.2 Å². The molecule has 0 saturated carbocycles. The van der Waals surface area contributed by atoms with E-state index >= 15 is 0 Å². The lowest BCUT2D eigenvalue weighted by molar-refractivity contribution is -0.119. The van der Waals surface area contributed by atoms with E-state index in [1.54, 1.807) is 13.0 Å². The Morgan fingerprint density at radius 3 is 3.12 bits per heavy atom. The van der Waals surface area contributed by atoms with Crippen molar-refractivity contribution in [2.45, 2.75) is 19.8 Å². The number of anilines is 1. The third kappa shape index (κ3) is 3.48. The van der Waals surface area contributed by atoms with Crippen molar-refractivity contribution in [2.24, 2.45) is 0 Å². The Balaban J connectivity index is 1.78. The smallest absolute Gasteiger partial charge is 0.263 e. The van der Waals surface area contributed by atoms with Gasteiger partial charge in [0.2, 0.25) is 0 Å².